The van der Waals surface area contributed by atoms with Crippen LogP contribution >= 0.6 is 0 Å². The zero-order chi connectivity index (χ0) is 13.5. The fraction of sp³-hybridized carbons (Fsp3) is 0.357. The van der Waals surface area contributed by atoms with Gasteiger partial charge in [0.2, 0.25) is 0 Å². The molecule has 0 spiro atoms. The molecule has 2 aromatic rings. The van der Waals surface area contributed by atoms with Gasteiger partial charge in [-0.15, -0.1) is 0 Å². The van der Waals surface area contributed by atoms with Crippen molar-refractivity contribution in [2.45, 2.75) is 19.5 Å². The minimum atomic E-state index is -0.192. The van der Waals surface area contributed by atoms with Crippen molar-refractivity contribution in [3.63, 3.8) is 0 Å². The van der Waals surface area contributed by atoms with Gasteiger partial charge in [0.25, 0.3) is 0 Å². The molecule has 0 aliphatic heterocycles. The number of halogens is 1. The van der Waals surface area contributed by atoms with Crippen molar-refractivity contribution in [2.75, 3.05) is 13.2 Å². The lowest BCUT2D eigenvalue weighted by Gasteiger charge is -2.03. The van der Waals surface area contributed by atoms with Gasteiger partial charge in [-0.3, -0.25) is 4.68 Å². The second kappa shape index (κ2) is 7.01. The topological polar surface area (TPSA) is 50.1 Å². The Morgan fingerprint density at radius 3 is 3.00 bits per heavy atom. The van der Waals surface area contributed by atoms with E-state index >= 15 is 0 Å². The minimum absolute atomic E-state index is 0.0914. The fourth-order valence-electron chi connectivity index (χ4n) is 1.88. The summed E-state index contributed by atoms with van der Waals surface area (Å²) in [6, 6.07) is 6.65. The predicted molar refractivity (Wildman–Crippen MR) is 71.1 cm³/mol. The molecule has 0 atom stereocenters. The van der Waals surface area contributed by atoms with E-state index in [2.05, 4.69) is 10.4 Å². The third-order valence-corrected chi connectivity index (χ3v) is 2.82. The van der Waals surface area contributed by atoms with E-state index in [1.54, 1.807) is 23.0 Å². The normalized spacial score (nSPS) is 10.8. The second-order valence-electron chi connectivity index (χ2n) is 4.39. The standard InChI is InChI=1S/C14H18FN3O/c15-14-3-1-2-12(8-14)4-5-16-9-13-10-17-18(11-13)6-7-19/h1-3,8,10-11,16,19H,4-7,9H2. The summed E-state index contributed by atoms with van der Waals surface area (Å²) in [6.07, 6.45) is 4.48. The third kappa shape index (κ3) is 4.46. The lowest BCUT2D eigenvalue weighted by Crippen LogP contribution is -2.16. The molecule has 0 aliphatic carbocycles. The van der Waals surface area contributed by atoms with E-state index in [-0.39, 0.29) is 12.4 Å². The van der Waals surface area contributed by atoms with Crippen LogP contribution < -0.4 is 5.32 Å². The molecule has 0 aliphatic rings. The maximum absolute atomic E-state index is 13.0. The maximum Gasteiger partial charge on any atom is 0.123 e. The Balaban J connectivity index is 1.71. The van der Waals surface area contributed by atoms with Gasteiger partial charge in [0, 0.05) is 18.3 Å². The summed E-state index contributed by atoms with van der Waals surface area (Å²) in [5.41, 5.74) is 2.07. The van der Waals surface area contributed by atoms with Crippen molar-refractivity contribution in [1.82, 2.24) is 15.1 Å². The van der Waals surface area contributed by atoms with Gasteiger partial charge in [-0.05, 0) is 30.7 Å². The van der Waals surface area contributed by atoms with Crippen molar-refractivity contribution in [3.8, 4) is 0 Å². The molecule has 5 heteroatoms. The van der Waals surface area contributed by atoms with Crippen molar-refractivity contribution in [1.29, 1.82) is 0 Å². The molecule has 4 nitrogen and oxygen atoms in total. The first-order valence-electron chi connectivity index (χ1n) is 6.35. The van der Waals surface area contributed by atoms with Crippen molar-refractivity contribution < 1.29 is 9.50 Å². The Morgan fingerprint density at radius 2 is 2.21 bits per heavy atom. The van der Waals surface area contributed by atoms with E-state index in [9.17, 15) is 4.39 Å². The SMILES string of the molecule is OCCn1cc(CNCCc2cccc(F)c2)cn1. The molecular formula is C14H18FN3O. The number of aliphatic hydroxyl groups excluding tert-OH is 1. The second-order valence-corrected chi connectivity index (χ2v) is 4.39. The zero-order valence-corrected chi connectivity index (χ0v) is 10.7. The molecule has 1 aromatic heterocycles. The highest BCUT2D eigenvalue weighted by molar-refractivity contribution is 5.16. The van der Waals surface area contributed by atoms with E-state index in [1.165, 1.54) is 6.07 Å². The first kappa shape index (κ1) is 13.7. The van der Waals surface area contributed by atoms with Crippen LogP contribution in [0.2, 0.25) is 0 Å². The van der Waals surface area contributed by atoms with E-state index in [1.807, 2.05) is 12.3 Å². The minimum Gasteiger partial charge on any atom is -0.394 e. The number of hydrogen-bond donors (Lipinski definition) is 2. The molecule has 2 N–H and O–H groups in total. The lowest BCUT2D eigenvalue weighted by atomic mass is 10.1. The third-order valence-electron chi connectivity index (χ3n) is 2.82. The Hall–Kier alpha value is -1.72. The Bertz CT molecular complexity index is 513. The van der Waals surface area contributed by atoms with Gasteiger partial charge in [-0.1, -0.05) is 12.1 Å². The Kier molecular flexibility index (Phi) is 5.06. The quantitative estimate of drug-likeness (QED) is 0.741. The van der Waals surface area contributed by atoms with Crippen molar-refractivity contribution in [2.24, 2.45) is 0 Å². The molecule has 0 amide bonds. The largest absolute Gasteiger partial charge is 0.394 e. The van der Waals surface area contributed by atoms with Crippen LogP contribution in [0, 0.1) is 5.82 Å². The highest BCUT2D eigenvalue weighted by Crippen LogP contribution is 2.04. The highest BCUT2D eigenvalue weighted by atomic mass is 19.1. The van der Waals surface area contributed by atoms with Crippen LogP contribution in [0.15, 0.2) is 36.7 Å². The Morgan fingerprint density at radius 1 is 1.32 bits per heavy atom. The van der Waals surface area contributed by atoms with Crippen LogP contribution in [0.1, 0.15) is 11.1 Å². The summed E-state index contributed by atoms with van der Waals surface area (Å²) in [5, 5.41) is 16.2. The molecule has 0 fully saturated rings. The van der Waals surface area contributed by atoms with Gasteiger partial charge in [0.05, 0.1) is 19.3 Å². The fourth-order valence-corrected chi connectivity index (χ4v) is 1.88. The number of aliphatic hydroxyl groups is 1. The predicted octanol–water partition coefficient (Wildman–Crippen LogP) is 1.35. The van der Waals surface area contributed by atoms with Gasteiger partial charge in [-0.25, -0.2) is 4.39 Å². The van der Waals surface area contributed by atoms with Crippen LogP contribution in [-0.4, -0.2) is 28.0 Å². The van der Waals surface area contributed by atoms with E-state index in [4.69, 9.17) is 5.11 Å². The van der Waals surface area contributed by atoms with Crippen LogP contribution in [0.5, 0.6) is 0 Å². The summed E-state index contributed by atoms with van der Waals surface area (Å²) in [4.78, 5) is 0. The molecule has 19 heavy (non-hydrogen) atoms. The average Bonchev–Trinajstić information content (AvgIpc) is 2.83. The maximum atomic E-state index is 13.0. The summed E-state index contributed by atoms with van der Waals surface area (Å²) >= 11 is 0. The van der Waals surface area contributed by atoms with Crippen LogP contribution in [0.25, 0.3) is 0 Å². The van der Waals surface area contributed by atoms with E-state index < -0.39 is 0 Å². The summed E-state index contributed by atoms with van der Waals surface area (Å²) in [6.45, 7) is 2.12. The van der Waals surface area contributed by atoms with Gasteiger partial charge < -0.3 is 10.4 Å². The number of benzene rings is 1. The summed E-state index contributed by atoms with van der Waals surface area (Å²) in [7, 11) is 0. The van der Waals surface area contributed by atoms with Gasteiger partial charge >= 0.3 is 0 Å². The van der Waals surface area contributed by atoms with Crippen LogP contribution in [0.3, 0.4) is 0 Å². The number of hydrogen-bond acceptors (Lipinski definition) is 3. The van der Waals surface area contributed by atoms with Gasteiger partial charge in [0.1, 0.15) is 5.82 Å². The van der Waals surface area contributed by atoms with Gasteiger partial charge in [-0.2, -0.15) is 5.10 Å². The monoisotopic (exact) mass is 263 g/mol. The molecule has 1 aromatic carbocycles. The molecule has 0 unspecified atom stereocenters. The molecule has 0 saturated carbocycles. The van der Waals surface area contributed by atoms with Crippen LogP contribution in [-0.2, 0) is 19.5 Å². The van der Waals surface area contributed by atoms with Gasteiger partial charge in [0.15, 0.2) is 0 Å². The van der Waals surface area contributed by atoms with E-state index in [0.29, 0.717) is 6.54 Å². The smallest absolute Gasteiger partial charge is 0.123 e. The first-order chi connectivity index (χ1) is 9.28. The molecule has 0 radical (unpaired) electrons. The highest BCUT2D eigenvalue weighted by Gasteiger charge is 1.99. The first-order valence-corrected chi connectivity index (χ1v) is 6.35. The Labute approximate surface area is 111 Å². The molecule has 2 rings (SSSR count). The van der Waals surface area contributed by atoms with E-state index in [0.717, 1.165) is 30.6 Å². The summed E-state index contributed by atoms with van der Waals surface area (Å²) in [5.74, 6) is -0.192. The van der Waals surface area contributed by atoms with Crippen molar-refractivity contribution >= 4 is 0 Å². The molecule has 0 saturated heterocycles. The number of rotatable bonds is 7. The van der Waals surface area contributed by atoms with Crippen LogP contribution in [0.4, 0.5) is 4.39 Å². The molecule has 102 valence electrons. The summed E-state index contributed by atoms with van der Waals surface area (Å²) < 4.78 is 14.7. The molecule has 0 bridgehead atoms. The zero-order valence-electron chi connectivity index (χ0n) is 10.7. The van der Waals surface area contributed by atoms with Crippen molar-refractivity contribution in [3.05, 3.63) is 53.6 Å². The lowest BCUT2D eigenvalue weighted by molar-refractivity contribution is 0.269. The molecule has 1 heterocycles. The number of nitrogens with one attached hydrogen (secondary N) is 1. The number of aromatic nitrogens is 2. The number of nitrogens with zero attached hydrogens (tertiary/aromatic N) is 2. The average molecular weight is 263 g/mol. The molecular weight excluding hydrogens is 245 g/mol.